The smallest absolute Gasteiger partial charge is 0.335 e. The Morgan fingerprint density at radius 1 is 0.980 bits per heavy atom. The fraction of sp³-hybridized carbons (Fsp3) is 0.189. The molecule has 0 bridgehead atoms. The molecule has 0 spiro atoms. The Morgan fingerprint density at radius 2 is 1.82 bits per heavy atom. The van der Waals surface area contributed by atoms with Crippen LogP contribution in [0.25, 0.3) is 22.3 Å². The van der Waals surface area contributed by atoms with Gasteiger partial charge in [-0.3, -0.25) is 4.68 Å². The molecule has 9 nitrogen and oxygen atoms in total. The Kier molecular flexibility index (Phi) is 8.59. The Labute approximate surface area is 278 Å². The van der Waals surface area contributed by atoms with E-state index in [-0.39, 0.29) is 53.0 Å². The number of hydrogen-bond donors (Lipinski definition) is 1. The summed E-state index contributed by atoms with van der Waals surface area (Å²) >= 11 is 0. The minimum absolute atomic E-state index is 0.0392. The first-order valence-electron chi connectivity index (χ1n) is 15.4. The van der Waals surface area contributed by atoms with Crippen LogP contribution >= 0.6 is 0 Å². The third kappa shape index (κ3) is 6.88. The predicted molar refractivity (Wildman–Crippen MR) is 173 cm³/mol. The minimum atomic E-state index is -1.08. The van der Waals surface area contributed by atoms with Gasteiger partial charge in [0, 0.05) is 49.0 Å². The lowest BCUT2D eigenvalue weighted by molar-refractivity contribution is -0.0589. The van der Waals surface area contributed by atoms with Gasteiger partial charge in [-0.15, -0.1) is 0 Å². The molecule has 1 atom stereocenters. The number of aryl methyl sites for hydroxylation is 1. The van der Waals surface area contributed by atoms with Gasteiger partial charge in [0.2, 0.25) is 5.88 Å². The number of rotatable bonds is 9. The number of ether oxygens (including phenoxy) is 2. The summed E-state index contributed by atoms with van der Waals surface area (Å²) in [5.74, 6) is 3.37. The first-order valence-corrected chi connectivity index (χ1v) is 15.4. The third-order valence-corrected chi connectivity index (χ3v) is 8.22. The zero-order valence-electron chi connectivity index (χ0n) is 26.2. The van der Waals surface area contributed by atoms with E-state index in [9.17, 15) is 14.3 Å². The Balaban J connectivity index is 1.08. The third-order valence-electron chi connectivity index (χ3n) is 8.22. The van der Waals surface area contributed by atoms with Crippen molar-refractivity contribution in [2.45, 2.75) is 32.1 Å². The fourth-order valence-electron chi connectivity index (χ4n) is 5.52. The maximum atomic E-state index is 15.6. The zero-order chi connectivity index (χ0) is 34.1. The standard InChI is InChI=1S/C37H28F3N5O4/c1-44-13-11-26(43-44)9-6-22-5-7-24(29(38)15-22)21-49-36-4-2-3-32(42-36)28-19-30(39)25(16-31(28)40)18-35-41-33-10-8-23(37(46)47)17-34(33)45(35)20-27-12-14-48-27/h2-5,7-8,10-11,13,15-17,19,27H,12,14,18,20-21H2,1H3,(H,46,47). The summed E-state index contributed by atoms with van der Waals surface area (Å²) in [7, 11) is 1.78. The molecule has 3 aromatic heterocycles. The number of carboxylic acids is 1. The molecule has 1 aliphatic heterocycles. The van der Waals surface area contributed by atoms with Crippen molar-refractivity contribution >= 4 is 17.0 Å². The SMILES string of the molecule is Cn1ccc(C#Cc2ccc(COc3cccc(-c4cc(F)c(Cc5nc6ccc(C(=O)O)cc6n5CC5CCO5)cc4F)n3)c(F)c2)n1. The lowest BCUT2D eigenvalue weighted by Gasteiger charge is -2.27. The molecule has 49 heavy (non-hydrogen) atoms. The molecular weight excluding hydrogens is 635 g/mol. The Hall–Kier alpha value is -5.93. The first-order chi connectivity index (χ1) is 23.7. The highest BCUT2D eigenvalue weighted by molar-refractivity contribution is 5.92. The molecular formula is C37H28F3N5O4. The second-order valence-electron chi connectivity index (χ2n) is 11.6. The zero-order valence-corrected chi connectivity index (χ0v) is 26.2. The van der Waals surface area contributed by atoms with Crippen molar-refractivity contribution in [2.24, 2.45) is 7.05 Å². The van der Waals surface area contributed by atoms with Crippen molar-refractivity contribution in [3.05, 3.63) is 130 Å². The van der Waals surface area contributed by atoms with Crippen LogP contribution in [0.5, 0.6) is 5.88 Å². The highest BCUT2D eigenvalue weighted by Crippen LogP contribution is 2.29. The summed E-state index contributed by atoms with van der Waals surface area (Å²) in [5, 5.41) is 13.7. The number of carboxylic acid groups (broad SMARTS) is 1. The van der Waals surface area contributed by atoms with Gasteiger partial charge in [-0.2, -0.15) is 5.10 Å². The molecule has 1 aliphatic rings. The van der Waals surface area contributed by atoms with E-state index in [1.807, 2.05) is 4.57 Å². The number of aromatic nitrogens is 5. The van der Waals surface area contributed by atoms with Gasteiger partial charge in [0.25, 0.3) is 0 Å². The van der Waals surface area contributed by atoms with E-state index in [1.165, 1.54) is 24.3 Å². The molecule has 1 fully saturated rings. The van der Waals surface area contributed by atoms with E-state index in [0.717, 1.165) is 18.6 Å². The lowest BCUT2D eigenvalue weighted by Crippen LogP contribution is -2.31. The highest BCUT2D eigenvalue weighted by Gasteiger charge is 2.24. The maximum absolute atomic E-state index is 15.6. The van der Waals surface area contributed by atoms with Gasteiger partial charge < -0.3 is 19.1 Å². The van der Waals surface area contributed by atoms with Gasteiger partial charge in [-0.1, -0.05) is 18.1 Å². The predicted octanol–water partition coefficient (Wildman–Crippen LogP) is 6.31. The summed E-state index contributed by atoms with van der Waals surface area (Å²) < 4.78 is 60.7. The fourth-order valence-corrected chi connectivity index (χ4v) is 5.52. The van der Waals surface area contributed by atoms with Crippen molar-refractivity contribution in [3.8, 4) is 29.0 Å². The Bertz CT molecular complexity index is 2280. The van der Waals surface area contributed by atoms with Crippen molar-refractivity contribution < 1.29 is 32.5 Å². The van der Waals surface area contributed by atoms with E-state index in [0.29, 0.717) is 41.3 Å². The number of pyridine rings is 1. The van der Waals surface area contributed by atoms with Crippen molar-refractivity contribution in [2.75, 3.05) is 6.61 Å². The maximum Gasteiger partial charge on any atom is 0.335 e. The number of fused-ring (bicyclic) bond motifs is 1. The highest BCUT2D eigenvalue weighted by atomic mass is 19.1. The average Bonchev–Trinajstić information content (AvgIpc) is 3.64. The van der Waals surface area contributed by atoms with Crippen LogP contribution in [0.2, 0.25) is 0 Å². The molecule has 0 saturated carbocycles. The van der Waals surface area contributed by atoms with Crippen LogP contribution in [-0.4, -0.2) is 48.1 Å². The van der Waals surface area contributed by atoms with Gasteiger partial charge in [-0.05, 0) is 72.5 Å². The van der Waals surface area contributed by atoms with Crippen LogP contribution in [-0.2, 0) is 31.4 Å². The molecule has 4 heterocycles. The molecule has 12 heteroatoms. The molecule has 3 aromatic carbocycles. The molecule has 0 amide bonds. The monoisotopic (exact) mass is 663 g/mol. The largest absolute Gasteiger partial charge is 0.478 e. The summed E-state index contributed by atoms with van der Waals surface area (Å²) in [4.78, 5) is 20.6. The topological polar surface area (TPSA) is 104 Å². The van der Waals surface area contributed by atoms with Crippen molar-refractivity contribution in [1.29, 1.82) is 0 Å². The van der Waals surface area contributed by atoms with E-state index in [2.05, 4.69) is 26.9 Å². The summed E-state index contributed by atoms with van der Waals surface area (Å²) in [6.45, 7) is 0.886. The molecule has 1 saturated heterocycles. The number of imidazole rings is 1. The van der Waals surface area contributed by atoms with E-state index in [1.54, 1.807) is 54.3 Å². The number of halogens is 3. The average molecular weight is 664 g/mol. The normalized spacial score (nSPS) is 13.9. The van der Waals surface area contributed by atoms with Gasteiger partial charge in [0.15, 0.2) is 0 Å². The molecule has 0 aliphatic carbocycles. The molecule has 7 rings (SSSR count). The second-order valence-corrected chi connectivity index (χ2v) is 11.6. The van der Waals surface area contributed by atoms with Crippen LogP contribution in [0.3, 0.4) is 0 Å². The van der Waals surface area contributed by atoms with Crippen LogP contribution < -0.4 is 4.74 Å². The molecule has 246 valence electrons. The van der Waals surface area contributed by atoms with Gasteiger partial charge in [0.1, 0.15) is 35.6 Å². The molecule has 1 N–H and O–H groups in total. The number of nitrogens with zero attached hydrogens (tertiary/aromatic N) is 5. The minimum Gasteiger partial charge on any atom is -0.478 e. The second kappa shape index (κ2) is 13.3. The van der Waals surface area contributed by atoms with Crippen LogP contribution in [0, 0.1) is 29.3 Å². The van der Waals surface area contributed by atoms with E-state index in [4.69, 9.17) is 9.47 Å². The lowest BCUT2D eigenvalue weighted by atomic mass is 10.0. The molecule has 0 radical (unpaired) electrons. The van der Waals surface area contributed by atoms with Crippen molar-refractivity contribution in [3.63, 3.8) is 0 Å². The van der Waals surface area contributed by atoms with Gasteiger partial charge >= 0.3 is 5.97 Å². The van der Waals surface area contributed by atoms with E-state index >= 15 is 8.78 Å². The first kappa shape index (κ1) is 31.7. The summed E-state index contributed by atoms with van der Waals surface area (Å²) in [5.41, 5.74) is 2.67. The van der Waals surface area contributed by atoms with Gasteiger partial charge in [-0.25, -0.2) is 27.9 Å². The van der Waals surface area contributed by atoms with Crippen molar-refractivity contribution in [1.82, 2.24) is 24.3 Å². The van der Waals surface area contributed by atoms with Crippen LogP contribution in [0.1, 0.15) is 45.0 Å². The number of benzene rings is 3. The Morgan fingerprint density at radius 3 is 2.55 bits per heavy atom. The van der Waals surface area contributed by atoms with Crippen LogP contribution in [0.15, 0.2) is 79.0 Å². The quantitative estimate of drug-likeness (QED) is 0.181. The summed E-state index contributed by atoms with van der Waals surface area (Å²) in [6, 6.07) is 17.7. The number of hydrogen-bond acceptors (Lipinski definition) is 6. The van der Waals surface area contributed by atoms with Crippen LogP contribution in [0.4, 0.5) is 13.2 Å². The van der Waals surface area contributed by atoms with E-state index < -0.39 is 23.4 Å². The molecule has 6 aromatic rings. The number of carbonyl (C=O) groups is 1. The number of aromatic carboxylic acids is 1. The summed E-state index contributed by atoms with van der Waals surface area (Å²) in [6.07, 6.45) is 2.47. The van der Waals surface area contributed by atoms with Gasteiger partial charge in [0.05, 0.1) is 34.9 Å². The molecule has 1 unspecified atom stereocenters.